The third-order valence-corrected chi connectivity index (χ3v) is 11.5. The molecular weight excluding hydrogens is 426 g/mol. The van der Waals surface area contributed by atoms with Crippen molar-refractivity contribution in [2.75, 3.05) is 12.9 Å². The molecule has 0 heterocycles. The lowest BCUT2D eigenvalue weighted by molar-refractivity contribution is 0.129. The molecule has 28 heavy (non-hydrogen) atoms. The van der Waals surface area contributed by atoms with E-state index in [2.05, 4.69) is 0 Å². The third-order valence-electron chi connectivity index (χ3n) is 2.70. The normalized spacial score (nSPS) is 13.1. The van der Waals surface area contributed by atoms with Crippen molar-refractivity contribution in [2.24, 2.45) is 0 Å². The third kappa shape index (κ3) is 9.60. The molecule has 0 N–H and O–H groups in total. The number of rotatable bonds is 14. The maximum absolute atomic E-state index is 13.8. The highest BCUT2D eigenvalue weighted by atomic mass is 32.2. The first kappa shape index (κ1) is 27.9. The Morgan fingerprint density at radius 2 is 1.11 bits per heavy atom. The van der Waals surface area contributed by atoms with Gasteiger partial charge in [-0.15, -0.1) is 11.8 Å². The molecule has 0 fully saturated rings. The lowest BCUT2D eigenvalue weighted by Crippen LogP contribution is -2.22. The highest BCUT2D eigenvalue weighted by Gasteiger charge is 2.53. The first-order valence-electron chi connectivity index (χ1n) is 9.12. The summed E-state index contributed by atoms with van der Waals surface area (Å²) in [5, 5.41) is 0. The van der Waals surface area contributed by atoms with Crippen LogP contribution in [0.1, 0.15) is 55.4 Å². The van der Waals surface area contributed by atoms with E-state index < -0.39 is 44.3 Å². The average molecular weight is 460 g/mol. The summed E-state index contributed by atoms with van der Waals surface area (Å²) in [7, 11) is -6.68. The van der Waals surface area contributed by atoms with E-state index in [9.17, 15) is 13.9 Å². The molecule has 0 unspecified atom stereocenters. The van der Waals surface area contributed by atoms with E-state index in [-0.39, 0.29) is 11.5 Å². The van der Waals surface area contributed by atoms with Crippen molar-refractivity contribution in [3.05, 3.63) is 5.76 Å². The van der Waals surface area contributed by atoms with Crippen molar-refractivity contribution in [3.63, 3.8) is 0 Å². The summed E-state index contributed by atoms with van der Waals surface area (Å²) < 4.78 is 53.8. The second-order valence-electron chi connectivity index (χ2n) is 7.06. The van der Waals surface area contributed by atoms with Gasteiger partial charge in [0, 0.05) is 0 Å². The topological polar surface area (TPSA) is 97.4 Å². The smallest absolute Gasteiger partial charge is 0.356 e. The SMILES string of the molecule is COC(=C=O)CSC(P(=O)(OC(C)C)OC(C)C)P(=O)(OC(C)C)OC(C)C. The molecule has 0 spiro atoms. The van der Waals surface area contributed by atoms with Crippen LogP contribution in [0.25, 0.3) is 0 Å². The molecule has 0 amide bonds. The van der Waals surface area contributed by atoms with Crippen molar-refractivity contribution < 1.29 is 36.8 Å². The van der Waals surface area contributed by atoms with Crippen LogP contribution in [0.4, 0.5) is 0 Å². The molecule has 0 radical (unpaired) electrons. The van der Waals surface area contributed by atoms with Crippen LogP contribution in [-0.2, 0) is 36.8 Å². The Morgan fingerprint density at radius 3 is 1.32 bits per heavy atom. The van der Waals surface area contributed by atoms with Crippen LogP contribution in [0, 0.1) is 0 Å². The molecule has 0 saturated heterocycles. The fourth-order valence-electron chi connectivity index (χ4n) is 2.07. The van der Waals surface area contributed by atoms with Gasteiger partial charge in [-0.25, -0.2) is 4.79 Å². The molecule has 0 aromatic heterocycles. The summed E-state index contributed by atoms with van der Waals surface area (Å²) in [5.74, 6) is 1.57. The van der Waals surface area contributed by atoms with Gasteiger partial charge in [0.1, 0.15) is 0 Å². The zero-order valence-corrected chi connectivity index (χ0v) is 20.8. The second kappa shape index (κ2) is 12.6. The fraction of sp³-hybridized carbons (Fsp3) is 0.882. The summed E-state index contributed by atoms with van der Waals surface area (Å²) in [5.41, 5.74) is 0. The van der Waals surface area contributed by atoms with Gasteiger partial charge >= 0.3 is 15.2 Å². The van der Waals surface area contributed by atoms with Crippen molar-refractivity contribution in [1.29, 1.82) is 0 Å². The zero-order valence-electron chi connectivity index (χ0n) is 18.2. The molecule has 0 aliphatic heterocycles. The highest BCUT2D eigenvalue weighted by molar-refractivity contribution is 8.12. The monoisotopic (exact) mass is 460 g/mol. The van der Waals surface area contributed by atoms with E-state index in [1.807, 2.05) is 0 Å². The lowest BCUT2D eigenvalue weighted by Gasteiger charge is -2.34. The van der Waals surface area contributed by atoms with Crippen LogP contribution in [0.15, 0.2) is 5.76 Å². The Labute approximate surface area is 173 Å². The Balaban J connectivity index is 6.33. The van der Waals surface area contributed by atoms with E-state index in [4.69, 9.17) is 22.8 Å². The van der Waals surface area contributed by atoms with Gasteiger partial charge in [-0.3, -0.25) is 9.13 Å². The van der Waals surface area contributed by atoms with Crippen molar-refractivity contribution in [2.45, 2.75) is 84.5 Å². The quantitative estimate of drug-likeness (QED) is 0.190. The molecule has 0 aromatic carbocycles. The first-order chi connectivity index (χ1) is 12.8. The van der Waals surface area contributed by atoms with E-state index in [1.165, 1.54) is 7.11 Å². The van der Waals surface area contributed by atoms with Crippen LogP contribution in [0.5, 0.6) is 0 Å². The van der Waals surface area contributed by atoms with Crippen molar-refractivity contribution >= 4 is 32.9 Å². The van der Waals surface area contributed by atoms with Gasteiger partial charge in [0.05, 0.1) is 37.3 Å². The van der Waals surface area contributed by atoms with Gasteiger partial charge in [-0.1, -0.05) is 0 Å². The van der Waals surface area contributed by atoms with E-state index in [0.717, 1.165) is 11.8 Å². The molecule has 0 aliphatic carbocycles. The Kier molecular flexibility index (Phi) is 12.5. The van der Waals surface area contributed by atoms with Crippen LogP contribution in [0.2, 0.25) is 0 Å². The van der Waals surface area contributed by atoms with Crippen molar-refractivity contribution in [1.82, 2.24) is 0 Å². The Hall–Kier alpha value is -0.100. The van der Waals surface area contributed by atoms with Gasteiger partial charge in [0.25, 0.3) is 0 Å². The van der Waals surface area contributed by atoms with Crippen LogP contribution in [-0.4, -0.2) is 48.0 Å². The molecular formula is C17H34O8P2S. The van der Waals surface area contributed by atoms with Crippen LogP contribution in [0.3, 0.4) is 0 Å². The Bertz CT molecular complexity index is 548. The van der Waals surface area contributed by atoms with Gasteiger partial charge in [0.2, 0.25) is 4.73 Å². The van der Waals surface area contributed by atoms with Crippen LogP contribution >= 0.6 is 27.0 Å². The Morgan fingerprint density at radius 1 is 0.786 bits per heavy atom. The minimum Gasteiger partial charge on any atom is -0.489 e. The number of hydrogen-bond donors (Lipinski definition) is 0. The van der Waals surface area contributed by atoms with E-state index in [1.54, 1.807) is 61.3 Å². The maximum Gasteiger partial charge on any atom is 0.356 e. The standard InChI is InChI=1S/C17H34O8P2S/c1-12(2)22-26(19,23-13(3)4)17(28-11-16(10-18)21-9)27(20,24-14(5)6)25-15(7)8/h12-15,17H,11H2,1-9H3. The van der Waals surface area contributed by atoms with Gasteiger partial charge in [-0.2, -0.15) is 0 Å². The van der Waals surface area contributed by atoms with Gasteiger partial charge < -0.3 is 22.8 Å². The van der Waals surface area contributed by atoms with Crippen molar-refractivity contribution in [3.8, 4) is 0 Å². The number of ether oxygens (including phenoxy) is 1. The maximum atomic E-state index is 13.8. The predicted molar refractivity (Wildman–Crippen MR) is 113 cm³/mol. The molecule has 166 valence electrons. The number of methoxy groups -OCH3 is 1. The molecule has 0 rings (SSSR count). The van der Waals surface area contributed by atoms with E-state index in [0.29, 0.717) is 0 Å². The zero-order chi connectivity index (χ0) is 22.1. The van der Waals surface area contributed by atoms with Crippen LogP contribution < -0.4 is 0 Å². The average Bonchev–Trinajstić information content (AvgIpc) is 2.47. The summed E-state index contributed by atoms with van der Waals surface area (Å²) >= 11 is 0.910. The number of thioether (sulfide) groups is 1. The fourth-order valence-corrected chi connectivity index (χ4v) is 9.96. The van der Waals surface area contributed by atoms with Gasteiger partial charge in [-0.05, 0) is 55.4 Å². The molecule has 0 atom stereocenters. The minimum atomic E-state index is -4.00. The summed E-state index contributed by atoms with van der Waals surface area (Å²) in [4.78, 5) is 11.0. The molecule has 0 aromatic rings. The lowest BCUT2D eigenvalue weighted by atomic mass is 10.5. The molecule has 11 heteroatoms. The summed E-state index contributed by atoms with van der Waals surface area (Å²) in [6.45, 7) is 13.6. The summed E-state index contributed by atoms with van der Waals surface area (Å²) in [6, 6.07) is 0. The second-order valence-corrected chi connectivity index (χ2v) is 13.3. The molecule has 0 aliphatic rings. The molecule has 0 saturated carbocycles. The highest BCUT2D eigenvalue weighted by Crippen LogP contribution is 2.75. The minimum absolute atomic E-state index is 0.0312. The molecule has 0 bridgehead atoms. The number of carbonyl (C=O) groups excluding carboxylic acids is 1. The summed E-state index contributed by atoms with van der Waals surface area (Å²) in [6.07, 6.45) is -1.88. The number of hydrogen-bond acceptors (Lipinski definition) is 9. The van der Waals surface area contributed by atoms with Gasteiger partial charge in [0.15, 0.2) is 11.7 Å². The van der Waals surface area contributed by atoms with E-state index >= 15 is 0 Å². The predicted octanol–water partition coefficient (Wildman–Crippen LogP) is 5.45. The largest absolute Gasteiger partial charge is 0.489 e. The first-order valence-corrected chi connectivity index (χ1v) is 13.4. The molecule has 8 nitrogen and oxygen atoms in total.